The number of carbonyl (C=O) groups excluding carboxylic acids is 2. The van der Waals surface area contributed by atoms with E-state index in [2.05, 4.69) is 5.32 Å². The lowest BCUT2D eigenvalue weighted by Gasteiger charge is -2.23. The highest BCUT2D eigenvalue weighted by Gasteiger charge is 2.38. The van der Waals surface area contributed by atoms with Crippen LogP contribution in [0.5, 0.6) is 0 Å². The number of anilines is 1. The van der Waals surface area contributed by atoms with Crippen molar-refractivity contribution in [2.24, 2.45) is 0 Å². The number of carbonyl (C=O) groups is 2. The van der Waals surface area contributed by atoms with Crippen LogP contribution in [0.3, 0.4) is 0 Å². The lowest BCUT2D eigenvalue weighted by atomic mass is 10.0. The van der Waals surface area contributed by atoms with Gasteiger partial charge in [0.2, 0.25) is 11.8 Å². The molecule has 1 aliphatic rings. The van der Waals surface area contributed by atoms with E-state index in [-0.39, 0.29) is 35.9 Å². The number of aromatic nitrogens is 2. The minimum atomic E-state index is -0.327. The maximum absolute atomic E-state index is 13.8. The maximum Gasteiger partial charge on any atom is 0.240 e. The summed E-state index contributed by atoms with van der Waals surface area (Å²) in [4.78, 5) is 29.4. The van der Waals surface area contributed by atoms with Crippen LogP contribution >= 0.6 is 46.3 Å². The number of fused-ring (bicyclic) bond motifs is 1. The molecule has 0 bridgehead atoms. The molecule has 202 valence electrons. The number of rotatable bonds is 7. The molecule has 0 saturated carbocycles. The van der Waals surface area contributed by atoms with Gasteiger partial charge in [0.05, 0.1) is 39.4 Å². The predicted octanol–water partition coefficient (Wildman–Crippen LogP) is 6.99. The van der Waals surface area contributed by atoms with Gasteiger partial charge in [0, 0.05) is 10.6 Å². The molecule has 0 aliphatic carbocycles. The Morgan fingerprint density at radius 3 is 2.70 bits per heavy atom. The molecule has 0 spiro atoms. The lowest BCUT2D eigenvalue weighted by Crippen LogP contribution is -2.42. The molecule has 5 aromatic rings. The van der Waals surface area contributed by atoms with Crippen molar-refractivity contribution in [3.8, 4) is 16.3 Å². The van der Waals surface area contributed by atoms with E-state index in [0.717, 1.165) is 21.7 Å². The zero-order valence-corrected chi connectivity index (χ0v) is 24.1. The van der Waals surface area contributed by atoms with Crippen LogP contribution in [-0.4, -0.2) is 33.9 Å². The smallest absolute Gasteiger partial charge is 0.240 e. The van der Waals surface area contributed by atoms with Crippen molar-refractivity contribution in [1.29, 1.82) is 0 Å². The van der Waals surface area contributed by atoms with Crippen LogP contribution in [0.15, 0.2) is 88.9 Å². The van der Waals surface area contributed by atoms with Gasteiger partial charge in [-0.3, -0.25) is 14.5 Å². The lowest BCUT2D eigenvalue weighted by molar-refractivity contribution is -0.123. The monoisotopic (exact) mass is 608 g/mol. The fourth-order valence-corrected chi connectivity index (χ4v) is 6.96. The van der Waals surface area contributed by atoms with E-state index in [9.17, 15) is 9.59 Å². The van der Waals surface area contributed by atoms with Crippen LogP contribution in [0.2, 0.25) is 10.0 Å². The number of hydrogen-bond acceptors (Lipinski definition) is 6. The van der Waals surface area contributed by atoms with Gasteiger partial charge in [0.15, 0.2) is 0 Å². The Bertz CT molecular complexity index is 1670. The molecule has 0 radical (unpaired) electrons. The molecule has 0 saturated heterocycles. The normalized spacial score (nSPS) is 15.1. The summed E-state index contributed by atoms with van der Waals surface area (Å²) in [6, 6.07) is 22.4. The first kappa shape index (κ1) is 26.7. The molecular weight excluding hydrogens is 587 g/mol. The second-order valence-corrected chi connectivity index (χ2v) is 11.9. The van der Waals surface area contributed by atoms with Crippen molar-refractivity contribution in [3.63, 3.8) is 0 Å². The number of hydrogen-bond donors (Lipinski definition) is 1. The van der Waals surface area contributed by atoms with Gasteiger partial charge in [-0.2, -0.15) is 5.10 Å². The highest BCUT2D eigenvalue weighted by molar-refractivity contribution is 8.00. The topological polar surface area (TPSA) is 80.4 Å². The molecule has 0 fully saturated rings. The number of thiophene rings is 1. The van der Waals surface area contributed by atoms with Crippen molar-refractivity contribution in [3.05, 3.63) is 111 Å². The first-order chi connectivity index (χ1) is 19.5. The maximum atomic E-state index is 13.8. The number of nitrogens with zero attached hydrogens (tertiary/aromatic N) is 3. The number of benzene rings is 2. The van der Waals surface area contributed by atoms with Crippen LogP contribution < -0.4 is 10.2 Å². The van der Waals surface area contributed by atoms with E-state index < -0.39 is 0 Å². The molecule has 1 atom stereocenters. The Hall–Kier alpha value is -3.50. The third-order valence-corrected chi connectivity index (χ3v) is 9.10. The number of thioether (sulfide) groups is 1. The summed E-state index contributed by atoms with van der Waals surface area (Å²) in [5, 5.41) is 10.7. The van der Waals surface area contributed by atoms with Gasteiger partial charge < -0.3 is 9.73 Å². The molecule has 6 rings (SSSR count). The van der Waals surface area contributed by atoms with Gasteiger partial charge in [-0.25, -0.2) is 4.68 Å². The molecule has 4 heterocycles. The highest BCUT2D eigenvalue weighted by atomic mass is 35.5. The SMILES string of the molecule is O=C(CN1C(=O)CSC(c2cccc(Cl)c2)c2c(-c3cccs3)nn(-c3ccccc3Cl)c21)NCc1ccco1. The molecule has 3 aromatic heterocycles. The Morgan fingerprint density at radius 2 is 1.95 bits per heavy atom. The molecule has 7 nitrogen and oxygen atoms in total. The number of furan rings is 1. The van der Waals surface area contributed by atoms with E-state index >= 15 is 0 Å². The largest absolute Gasteiger partial charge is 0.467 e. The zero-order chi connectivity index (χ0) is 27.6. The number of amides is 2. The predicted molar refractivity (Wildman–Crippen MR) is 161 cm³/mol. The van der Waals surface area contributed by atoms with E-state index in [0.29, 0.717) is 27.3 Å². The fraction of sp³-hybridized carbons (Fsp3) is 0.138. The van der Waals surface area contributed by atoms with Crippen molar-refractivity contribution < 1.29 is 14.0 Å². The Labute approximate surface area is 248 Å². The Morgan fingerprint density at radius 1 is 1.07 bits per heavy atom. The van der Waals surface area contributed by atoms with Crippen molar-refractivity contribution in [2.45, 2.75) is 11.8 Å². The van der Waals surface area contributed by atoms with Crippen LogP contribution in [-0.2, 0) is 16.1 Å². The first-order valence-electron chi connectivity index (χ1n) is 12.4. The number of halogens is 2. The molecule has 40 heavy (non-hydrogen) atoms. The van der Waals surface area contributed by atoms with Crippen molar-refractivity contribution >= 4 is 63.9 Å². The van der Waals surface area contributed by atoms with E-state index in [1.807, 2.05) is 60.0 Å². The number of nitrogens with one attached hydrogen (secondary N) is 1. The quantitative estimate of drug-likeness (QED) is 0.215. The van der Waals surface area contributed by atoms with E-state index in [1.54, 1.807) is 40.5 Å². The summed E-state index contributed by atoms with van der Waals surface area (Å²) in [7, 11) is 0. The summed E-state index contributed by atoms with van der Waals surface area (Å²) in [6.07, 6.45) is 1.55. The average Bonchev–Trinajstić information content (AvgIpc) is 3.72. The summed E-state index contributed by atoms with van der Waals surface area (Å²) in [5.41, 5.74) is 3.08. The summed E-state index contributed by atoms with van der Waals surface area (Å²) in [5.74, 6) is 0.740. The standard InChI is InChI=1S/C29H22Cl2N4O3S2/c30-19-7-3-6-18(14-19)28-26-27(23-11-5-13-39-23)33-35(22-10-2-1-9-21(22)31)29(26)34(25(37)17-40-28)16-24(36)32-15-20-8-4-12-38-20/h1-14,28H,15-17H2,(H,32,36). The molecular formula is C29H22Cl2N4O3S2. The van der Waals surface area contributed by atoms with E-state index in [1.165, 1.54) is 16.7 Å². The van der Waals surface area contributed by atoms with Crippen LogP contribution in [0.1, 0.15) is 22.1 Å². The van der Waals surface area contributed by atoms with Gasteiger partial charge in [-0.1, -0.05) is 53.5 Å². The molecule has 2 aromatic carbocycles. The summed E-state index contributed by atoms with van der Waals surface area (Å²) >= 11 is 16.1. The highest BCUT2D eigenvalue weighted by Crippen LogP contribution is 2.49. The molecule has 1 aliphatic heterocycles. The summed E-state index contributed by atoms with van der Waals surface area (Å²) < 4.78 is 7.03. The second kappa shape index (κ2) is 11.5. The number of para-hydroxylation sites is 1. The minimum Gasteiger partial charge on any atom is -0.467 e. The summed E-state index contributed by atoms with van der Waals surface area (Å²) in [6.45, 7) is 0.0141. The van der Waals surface area contributed by atoms with Crippen LogP contribution in [0.25, 0.3) is 16.3 Å². The Kier molecular flexibility index (Phi) is 7.71. The van der Waals surface area contributed by atoms with Gasteiger partial charge >= 0.3 is 0 Å². The van der Waals surface area contributed by atoms with Gasteiger partial charge in [-0.15, -0.1) is 23.1 Å². The first-order valence-corrected chi connectivity index (χ1v) is 15.1. The average molecular weight is 610 g/mol. The van der Waals surface area contributed by atoms with E-state index in [4.69, 9.17) is 32.7 Å². The second-order valence-electron chi connectivity index (χ2n) is 9.01. The molecule has 1 N–H and O–H groups in total. The van der Waals surface area contributed by atoms with Gasteiger partial charge in [0.1, 0.15) is 23.8 Å². The van der Waals surface area contributed by atoms with Crippen LogP contribution in [0.4, 0.5) is 5.82 Å². The van der Waals surface area contributed by atoms with Gasteiger partial charge in [-0.05, 0) is 53.4 Å². The zero-order valence-electron chi connectivity index (χ0n) is 20.9. The molecule has 1 unspecified atom stereocenters. The van der Waals surface area contributed by atoms with Crippen molar-refractivity contribution in [2.75, 3.05) is 17.2 Å². The minimum absolute atomic E-state index is 0.156. The Balaban J connectivity index is 1.53. The molecule has 2 amide bonds. The fourth-order valence-electron chi connectivity index (χ4n) is 4.64. The third-order valence-electron chi connectivity index (χ3n) is 6.42. The van der Waals surface area contributed by atoms with Gasteiger partial charge in [0.25, 0.3) is 0 Å². The molecule has 11 heteroatoms. The van der Waals surface area contributed by atoms with Crippen molar-refractivity contribution in [1.82, 2.24) is 15.1 Å². The third kappa shape index (κ3) is 5.30. The van der Waals surface area contributed by atoms with Crippen LogP contribution in [0, 0.1) is 0 Å².